The minimum absolute atomic E-state index is 0.0534. The van der Waals surface area contributed by atoms with Crippen molar-refractivity contribution in [1.82, 2.24) is 4.98 Å². The van der Waals surface area contributed by atoms with Crippen LogP contribution in [0.25, 0.3) is 11.1 Å². The van der Waals surface area contributed by atoms with Crippen molar-refractivity contribution in [1.29, 1.82) is 0 Å². The van der Waals surface area contributed by atoms with Crippen molar-refractivity contribution in [2.24, 2.45) is 0 Å². The predicted octanol–water partition coefficient (Wildman–Crippen LogP) is 9.01. The Bertz CT molecular complexity index is 2010. The second kappa shape index (κ2) is 14.7. The highest BCUT2D eigenvalue weighted by molar-refractivity contribution is 6.62. The van der Waals surface area contributed by atoms with Crippen LogP contribution >= 0.6 is 0 Å². The van der Waals surface area contributed by atoms with E-state index in [9.17, 15) is 0 Å². The van der Waals surface area contributed by atoms with Crippen LogP contribution < -0.4 is 19.8 Å². The Balaban J connectivity index is 1.05. The summed E-state index contributed by atoms with van der Waals surface area (Å²) in [7, 11) is -0.991. The Kier molecular flexibility index (Phi) is 10.0. The number of halogens is 3. The molecule has 0 amide bonds. The zero-order valence-electron chi connectivity index (χ0n) is 29.9. The van der Waals surface area contributed by atoms with Crippen molar-refractivity contribution in [2.75, 3.05) is 18.0 Å². The SMILES string of the molecule is CC1(C)OB(c2ccc(C3CCN(c4ccc(-c5ccc(OCc6ccccc6)nc5OCc5ccccc5)cc4F)CC3)c(F)c2F)OC1(C)C. The average molecular weight is 707 g/mol. The number of anilines is 1. The molecule has 268 valence electrons. The van der Waals surface area contributed by atoms with Crippen LogP contribution in [0.2, 0.25) is 0 Å². The third-order valence-corrected chi connectivity index (χ3v) is 10.5. The van der Waals surface area contributed by atoms with E-state index in [2.05, 4.69) is 4.98 Å². The Morgan fingerprint density at radius 3 is 1.96 bits per heavy atom. The summed E-state index contributed by atoms with van der Waals surface area (Å²) < 4.78 is 70.9. The fraction of sp³-hybridized carbons (Fsp3) is 0.310. The Morgan fingerprint density at radius 2 is 1.35 bits per heavy atom. The lowest BCUT2D eigenvalue weighted by atomic mass is 9.76. The number of benzene rings is 4. The summed E-state index contributed by atoms with van der Waals surface area (Å²) in [5, 5.41) is 0. The van der Waals surface area contributed by atoms with Gasteiger partial charge in [0, 0.05) is 30.2 Å². The molecule has 0 aliphatic carbocycles. The monoisotopic (exact) mass is 706 g/mol. The van der Waals surface area contributed by atoms with Gasteiger partial charge in [0.05, 0.1) is 16.9 Å². The van der Waals surface area contributed by atoms with Crippen LogP contribution in [0.15, 0.2) is 103 Å². The molecule has 1 aromatic heterocycles. The van der Waals surface area contributed by atoms with Gasteiger partial charge in [-0.1, -0.05) is 78.9 Å². The number of hydrogen-bond acceptors (Lipinski definition) is 6. The second-order valence-electron chi connectivity index (χ2n) is 14.4. The van der Waals surface area contributed by atoms with Crippen LogP contribution in [-0.4, -0.2) is 36.4 Å². The molecule has 10 heteroatoms. The summed E-state index contributed by atoms with van der Waals surface area (Å²) in [4.78, 5) is 6.62. The van der Waals surface area contributed by atoms with Gasteiger partial charge in [0.2, 0.25) is 11.8 Å². The Hall–Kier alpha value is -4.80. The van der Waals surface area contributed by atoms with E-state index < -0.39 is 35.8 Å². The first-order valence-electron chi connectivity index (χ1n) is 17.7. The second-order valence-corrected chi connectivity index (χ2v) is 14.4. The zero-order chi connectivity index (χ0) is 36.5. The molecule has 0 N–H and O–H groups in total. The van der Waals surface area contributed by atoms with Gasteiger partial charge in [-0.3, -0.25) is 0 Å². The summed E-state index contributed by atoms with van der Waals surface area (Å²) >= 11 is 0. The van der Waals surface area contributed by atoms with Crippen LogP contribution in [0.5, 0.6) is 11.8 Å². The summed E-state index contributed by atoms with van der Waals surface area (Å²) in [5.41, 5.74) is 2.71. The number of rotatable bonds is 10. The molecule has 0 atom stereocenters. The lowest BCUT2D eigenvalue weighted by Gasteiger charge is -2.34. The molecule has 6 nitrogen and oxygen atoms in total. The molecule has 2 aliphatic rings. The average Bonchev–Trinajstić information content (AvgIpc) is 3.37. The van der Waals surface area contributed by atoms with Crippen molar-refractivity contribution in [3.8, 4) is 22.9 Å². The summed E-state index contributed by atoms with van der Waals surface area (Å²) in [6.07, 6.45) is 1.08. The highest BCUT2D eigenvalue weighted by Crippen LogP contribution is 2.39. The topological polar surface area (TPSA) is 53.1 Å². The maximum absolute atomic E-state index is 15.9. The smallest absolute Gasteiger partial charge is 0.473 e. The fourth-order valence-corrected chi connectivity index (χ4v) is 6.70. The highest BCUT2D eigenvalue weighted by Gasteiger charge is 2.52. The minimum atomic E-state index is -0.991. The maximum Gasteiger partial charge on any atom is 0.497 e. The number of hydrogen-bond donors (Lipinski definition) is 0. The molecule has 7 rings (SSSR count). The first kappa shape index (κ1) is 35.6. The van der Waals surface area contributed by atoms with Crippen LogP contribution in [0.1, 0.15) is 63.1 Å². The minimum Gasteiger partial charge on any atom is -0.473 e. The maximum atomic E-state index is 15.9. The molecule has 0 radical (unpaired) electrons. The van der Waals surface area contributed by atoms with Gasteiger partial charge in [0.1, 0.15) is 19.0 Å². The highest BCUT2D eigenvalue weighted by atomic mass is 19.2. The van der Waals surface area contributed by atoms with E-state index in [1.165, 1.54) is 6.07 Å². The van der Waals surface area contributed by atoms with Crippen LogP contribution in [0.3, 0.4) is 0 Å². The van der Waals surface area contributed by atoms with E-state index in [4.69, 9.17) is 18.8 Å². The molecule has 0 spiro atoms. The van der Waals surface area contributed by atoms with Gasteiger partial charge in [0.15, 0.2) is 11.6 Å². The molecule has 0 unspecified atom stereocenters. The standard InChI is InChI=1S/C42H42BF3N2O4/c1-41(2)42(3,4)52-43(51-41)34-18-16-32(38(45)39(34)46)30-21-23-48(24-22-30)36-19-15-31(25-35(36)44)33-17-20-37(49-26-28-11-7-5-8-12-28)47-40(33)50-27-29-13-9-6-10-14-29/h5-20,25,30H,21-24,26-27H2,1-4H3. The number of nitrogens with zero attached hydrogens (tertiary/aromatic N) is 2. The van der Waals surface area contributed by atoms with Crippen LogP contribution in [0, 0.1) is 17.5 Å². The largest absolute Gasteiger partial charge is 0.497 e. The van der Waals surface area contributed by atoms with Crippen molar-refractivity contribution < 1.29 is 32.0 Å². The molecular weight excluding hydrogens is 664 g/mol. The molecule has 52 heavy (non-hydrogen) atoms. The predicted molar refractivity (Wildman–Crippen MR) is 197 cm³/mol. The number of pyridine rings is 1. The van der Waals surface area contributed by atoms with Crippen molar-refractivity contribution >= 4 is 18.3 Å². The Labute approximate surface area is 303 Å². The quantitative estimate of drug-likeness (QED) is 0.135. The number of aromatic nitrogens is 1. The number of ether oxygens (including phenoxy) is 2. The van der Waals surface area contributed by atoms with Crippen molar-refractivity contribution in [3.05, 3.63) is 137 Å². The first-order chi connectivity index (χ1) is 25.0. The van der Waals surface area contributed by atoms with Crippen molar-refractivity contribution in [3.63, 3.8) is 0 Å². The van der Waals surface area contributed by atoms with Gasteiger partial charge in [0.25, 0.3) is 0 Å². The van der Waals surface area contributed by atoms with Gasteiger partial charge in [-0.15, -0.1) is 0 Å². The zero-order valence-corrected chi connectivity index (χ0v) is 29.9. The van der Waals surface area contributed by atoms with E-state index in [0.717, 1.165) is 11.1 Å². The van der Waals surface area contributed by atoms with Gasteiger partial charge >= 0.3 is 7.12 Å². The molecule has 2 fully saturated rings. The molecular formula is C42H42BF3N2O4. The number of piperidine rings is 1. The third-order valence-electron chi connectivity index (χ3n) is 10.5. The van der Waals surface area contributed by atoms with Gasteiger partial charge in [-0.05, 0) is 86.9 Å². The lowest BCUT2D eigenvalue weighted by molar-refractivity contribution is 0.00578. The molecule has 4 aromatic carbocycles. The normalized spacial score (nSPS) is 17.0. The third kappa shape index (κ3) is 7.41. The molecule has 5 aromatic rings. The van der Waals surface area contributed by atoms with Crippen LogP contribution in [-0.2, 0) is 22.5 Å². The van der Waals surface area contributed by atoms with E-state index in [1.54, 1.807) is 24.3 Å². The molecule has 2 aliphatic heterocycles. The van der Waals surface area contributed by atoms with Crippen LogP contribution in [0.4, 0.5) is 18.9 Å². The summed E-state index contributed by atoms with van der Waals surface area (Å²) in [6, 6.07) is 31.5. The molecule has 2 saturated heterocycles. The van der Waals surface area contributed by atoms with E-state index >= 15 is 13.2 Å². The van der Waals surface area contributed by atoms with E-state index in [1.807, 2.05) is 105 Å². The lowest BCUT2D eigenvalue weighted by Crippen LogP contribution is -2.41. The molecule has 0 bridgehead atoms. The van der Waals surface area contributed by atoms with Gasteiger partial charge < -0.3 is 23.7 Å². The molecule has 3 heterocycles. The Morgan fingerprint density at radius 1 is 0.731 bits per heavy atom. The van der Waals surface area contributed by atoms with E-state index in [-0.39, 0.29) is 18.0 Å². The first-order valence-corrected chi connectivity index (χ1v) is 17.7. The fourth-order valence-electron chi connectivity index (χ4n) is 6.70. The summed E-state index contributed by atoms with van der Waals surface area (Å²) in [5.74, 6) is -1.69. The van der Waals surface area contributed by atoms with Crippen molar-refractivity contribution in [2.45, 2.75) is 70.9 Å². The molecule has 0 saturated carbocycles. The van der Waals surface area contributed by atoms with E-state index in [0.29, 0.717) is 66.7 Å². The van der Waals surface area contributed by atoms with Gasteiger partial charge in [-0.2, -0.15) is 4.98 Å². The van der Waals surface area contributed by atoms with Gasteiger partial charge in [-0.25, -0.2) is 13.2 Å². The summed E-state index contributed by atoms with van der Waals surface area (Å²) in [6.45, 7) is 9.09.